The molecule has 0 aliphatic rings. The highest BCUT2D eigenvalue weighted by atomic mass is 16.5. The molecule has 0 saturated carbocycles. The van der Waals surface area contributed by atoms with Crippen LogP contribution in [0.5, 0.6) is 0 Å². The molecule has 0 rings (SSSR count). The quantitative estimate of drug-likeness (QED) is 0.339. The zero-order valence-corrected chi connectivity index (χ0v) is 15.4. The second-order valence-electron chi connectivity index (χ2n) is 7.11. The van der Waals surface area contributed by atoms with Gasteiger partial charge in [0.25, 0.3) is 0 Å². The van der Waals surface area contributed by atoms with Gasteiger partial charge in [0, 0.05) is 13.2 Å². The average molecular weight is 301 g/mol. The van der Waals surface area contributed by atoms with Crippen molar-refractivity contribution in [2.45, 2.75) is 111 Å². The SMILES string of the molecule is CCCCCCCCCCCOC(C)(C)CCOC(C)C. The summed E-state index contributed by atoms with van der Waals surface area (Å²) in [6.45, 7) is 12.5. The maximum Gasteiger partial charge on any atom is 0.0648 e. The smallest absolute Gasteiger partial charge is 0.0648 e. The summed E-state index contributed by atoms with van der Waals surface area (Å²) in [7, 11) is 0. The molecule has 0 atom stereocenters. The van der Waals surface area contributed by atoms with Gasteiger partial charge in [-0.15, -0.1) is 0 Å². The lowest BCUT2D eigenvalue weighted by Crippen LogP contribution is -2.27. The maximum absolute atomic E-state index is 5.99. The molecule has 0 aromatic heterocycles. The minimum absolute atomic E-state index is 0.0466. The molecule has 0 aromatic carbocycles. The van der Waals surface area contributed by atoms with E-state index in [1.54, 1.807) is 0 Å². The lowest BCUT2D eigenvalue weighted by Gasteiger charge is -2.25. The monoisotopic (exact) mass is 300 g/mol. The summed E-state index contributed by atoms with van der Waals surface area (Å²) in [4.78, 5) is 0. The molecule has 21 heavy (non-hydrogen) atoms. The third kappa shape index (κ3) is 16.1. The molecule has 2 heteroatoms. The van der Waals surface area contributed by atoms with Crippen LogP contribution in [0.1, 0.15) is 98.8 Å². The van der Waals surface area contributed by atoms with Crippen molar-refractivity contribution in [3.63, 3.8) is 0 Å². The molecule has 128 valence electrons. The molecule has 0 fully saturated rings. The van der Waals surface area contributed by atoms with E-state index < -0.39 is 0 Å². The zero-order valence-electron chi connectivity index (χ0n) is 15.4. The van der Waals surface area contributed by atoms with Gasteiger partial charge >= 0.3 is 0 Å². The number of hydrogen-bond donors (Lipinski definition) is 0. The summed E-state index contributed by atoms with van der Waals surface area (Å²) in [6.07, 6.45) is 13.6. The Bertz CT molecular complexity index is 212. The van der Waals surface area contributed by atoms with Crippen molar-refractivity contribution in [1.82, 2.24) is 0 Å². The predicted octanol–water partition coefficient (Wildman–Crippen LogP) is 6.13. The fraction of sp³-hybridized carbons (Fsp3) is 1.00. The summed E-state index contributed by atoms with van der Waals surface area (Å²) in [5.41, 5.74) is -0.0466. The van der Waals surface area contributed by atoms with E-state index in [0.717, 1.165) is 19.6 Å². The summed E-state index contributed by atoms with van der Waals surface area (Å²) < 4.78 is 11.6. The topological polar surface area (TPSA) is 18.5 Å². The van der Waals surface area contributed by atoms with Crippen molar-refractivity contribution in [3.8, 4) is 0 Å². The van der Waals surface area contributed by atoms with Crippen LogP contribution in [0.15, 0.2) is 0 Å². The van der Waals surface area contributed by atoms with E-state index in [2.05, 4.69) is 34.6 Å². The summed E-state index contributed by atoms with van der Waals surface area (Å²) >= 11 is 0. The van der Waals surface area contributed by atoms with Gasteiger partial charge in [0.1, 0.15) is 0 Å². The fourth-order valence-corrected chi connectivity index (χ4v) is 2.37. The summed E-state index contributed by atoms with van der Waals surface area (Å²) in [5, 5.41) is 0. The van der Waals surface area contributed by atoms with Crippen LogP contribution in [0.25, 0.3) is 0 Å². The van der Waals surface area contributed by atoms with E-state index in [4.69, 9.17) is 9.47 Å². The zero-order chi connectivity index (χ0) is 16.0. The maximum atomic E-state index is 5.99. The molecule has 0 radical (unpaired) electrons. The van der Waals surface area contributed by atoms with Gasteiger partial charge in [-0.05, 0) is 40.5 Å². The van der Waals surface area contributed by atoms with Crippen LogP contribution < -0.4 is 0 Å². The van der Waals surface area contributed by atoms with Crippen LogP contribution in [0.4, 0.5) is 0 Å². The van der Waals surface area contributed by atoms with Gasteiger partial charge in [0.05, 0.1) is 11.7 Å². The Morgan fingerprint density at radius 3 is 1.81 bits per heavy atom. The number of rotatable bonds is 15. The van der Waals surface area contributed by atoms with Gasteiger partial charge in [-0.2, -0.15) is 0 Å². The Labute approximate surface area is 134 Å². The van der Waals surface area contributed by atoms with Gasteiger partial charge in [0.15, 0.2) is 0 Å². The molecule has 0 N–H and O–H groups in total. The molecule has 0 bridgehead atoms. The number of hydrogen-bond acceptors (Lipinski definition) is 2. The van der Waals surface area contributed by atoms with Gasteiger partial charge in [-0.25, -0.2) is 0 Å². The third-order valence-corrected chi connectivity index (χ3v) is 3.90. The van der Waals surface area contributed by atoms with Gasteiger partial charge in [-0.1, -0.05) is 58.3 Å². The molecule has 0 unspecified atom stereocenters. The minimum Gasteiger partial charge on any atom is -0.379 e. The highest BCUT2D eigenvalue weighted by Gasteiger charge is 2.17. The Balaban J connectivity index is 3.32. The fourth-order valence-electron chi connectivity index (χ4n) is 2.37. The average Bonchev–Trinajstić information content (AvgIpc) is 2.40. The van der Waals surface area contributed by atoms with E-state index >= 15 is 0 Å². The Morgan fingerprint density at radius 2 is 1.29 bits per heavy atom. The predicted molar refractivity (Wildman–Crippen MR) is 93.0 cm³/mol. The minimum atomic E-state index is -0.0466. The van der Waals surface area contributed by atoms with Crippen LogP contribution in [-0.4, -0.2) is 24.9 Å². The van der Waals surface area contributed by atoms with E-state index in [0.29, 0.717) is 6.10 Å². The lowest BCUT2D eigenvalue weighted by atomic mass is 10.1. The summed E-state index contributed by atoms with van der Waals surface area (Å²) in [5.74, 6) is 0. The normalized spacial score (nSPS) is 12.3. The Morgan fingerprint density at radius 1 is 0.762 bits per heavy atom. The first-order valence-electron chi connectivity index (χ1n) is 9.23. The van der Waals surface area contributed by atoms with E-state index in [-0.39, 0.29) is 5.60 Å². The van der Waals surface area contributed by atoms with Gasteiger partial charge in [0.2, 0.25) is 0 Å². The van der Waals surface area contributed by atoms with E-state index in [1.807, 2.05) is 0 Å². The number of ether oxygens (including phenoxy) is 2. The van der Waals surface area contributed by atoms with E-state index in [9.17, 15) is 0 Å². The largest absolute Gasteiger partial charge is 0.379 e. The molecular formula is C19H40O2. The molecule has 0 aliphatic carbocycles. The molecule has 0 spiro atoms. The molecule has 0 aliphatic heterocycles. The highest BCUT2D eigenvalue weighted by Crippen LogP contribution is 2.16. The first-order chi connectivity index (χ1) is 9.98. The van der Waals surface area contributed by atoms with Crippen molar-refractivity contribution in [2.24, 2.45) is 0 Å². The molecule has 0 saturated heterocycles. The second-order valence-corrected chi connectivity index (χ2v) is 7.11. The third-order valence-electron chi connectivity index (χ3n) is 3.90. The summed E-state index contributed by atoms with van der Waals surface area (Å²) in [6, 6.07) is 0. The molecule has 2 nitrogen and oxygen atoms in total. The van der Waals surface area contributed by atoms with Crippen LogP contribution in [-0.2, 0) is 9.47 Å². The first-order valence-corrected chi connectivity index (χ1v) is 9.23. The van der Waals surface area contributed by atoms with Crippen LogP contribution in [0, 0.1) is 0 Å². The van der Waals surface area contributed by atoms with Gasteiger partial charge < -0.3 is 9.47 Å². The molecule has 0 amide bonds. The molecular weight excluding hydrogens is 260 g/mol. The van der Waals surface area contributed by atoms with Gasteiger partial charge in [-0.3, -0.25) is 0 Å². The Kier molecular flexibility index (Phi) is 13.5. The second kappa shape index (κ2) is 13.6. The highest BCUT2D eigenvalue weighted by molar-refractivity contribution is 4.68. The van der Waals surface area contributed by atoms with Crippen LogP contribution in [0.2, 0.25) is 0 Å². The van der Waals surface area contributed by atoms with Crippen LogP contribution in [0.3, 0.4) is 0 Å². The van der Waals surface area contributed by atoms with Crippen LogP contribution >= 0.6 is 0 Å². The van der Waals surface area contributed by atoms with E-state index in [1.165, 1.54) is 57.8 Å². The van der Waals surface area contributed by atoms with Crippen molar-refractivity contribution in [1.29, 1.82) is 0 Å². The van der Waals surface area contributed by atoms with Crippen molar-refractivity contribution in [3.05, 3.63) is 0 Å². The Hall–Kier alpha value is -0.0800. The number of unbranched alkanes of at least 4 members (excludes halogenated alkanes) is 8. The van der Waals surface area contributed by atoms with Crippen molar-refractivity contribution >= 4 is 0 Å². The van der Waals surface area contributed by atoms with Crippen molar-refractivity contribution in [2.75, 3.05) is 13.2 Å². The molecule has 0 aromatic rings. The van der Waals surface area contributed by atoms with Crippen molar-refractivity contribution < 1.29 is 9.47 Å². The first kappa shape index (κ1) is 20.9. The molecule has 0 heterocycles. The standard InChI is InChI=1S/C19H40O2/c1-6-7-8-9-10-11-12-13-14-16-21-19(4,5)15-17-20-18(2)3/h18H,6-17H2,1-5H3. The lowest BCUT2D eigenvalue weighted by molar-refractivity contribution is -0.0483.